The van der Waals surface area contributed by atoms with Crippen LogP contribution >= 0.6 is 0 Å². The highest BCUT2D eigenvalue weighted by molar-refractivity contribution is 5.87. The normalized spacial score (nSPS) is 27.4. The Hall–Kier alpha value is -1.81. The minimum Gasteiger partial charge on any atom is -0.462 e. The maximum Gasteiger partial charge on any atom is 0.333 e. The van der Waals surface area contributed by atoms with Crippen molar-refractivity contribution in [3.8, 4) is 12.1 Å². The Morgan fingerprint density at radius 1 is 1.25 bits per heavy atom. The van der Waals surface area contributed by atoms with Crippen LogP contribution in [0.2, 0.25) is 0 Å². The maximum absolute atomic E-state index is 11.3. The summed E-state index contributed by atoms with van der Waals surface area (Å²) in [7, 11) is 0. The maximum atomic E-state index is 11.3. The SMILES string of the molecule is C=C1CCCC(C#N)C(C#N)CCOC1=O. The summed E-state index contributed by atoms with van der Waals surface area (Å²) in [6, 6.07) is 4.26. The van der Waals surface area contributed by atoms with Crippen molar-refractivity contribution in [2.75, 3.05) is 6.61 Å². The molecule has 16 heavy (non-hydrogen) atoms. The Bertz CT molecular complexity index is 326. The van der Waals surface area contributed by atoms with E-state index in [1.807, 2.05) is 0 Å². The van der Waals surface area contributed by atoms with Gasteiger partial charge in [-0.1, -0.05) is 6.58 Å². The molecule has 0 N–H and O–H groups in total. The van der Waals surface area contributed by atoms with E-state index in [2.05, 4.69) is 18.7 Å². The standard InChI is InChI=1S/C12H14N2O2/c1-9-3-2-4-10(7-13)11(8-14)5-6-16-12(9)15/h10-11H,1-6H2. The number of esters is 1. The molecule has 1 rings (SSSR count). The number of carbonyl (C=O) groups is 1. The van der Waals surface area contributed by atoms with E-state index in [1.165, 1.54) is 0 Å². The number of rotatable bonds is 0. The predicted molar refractivity (Wildman–Crippen MR) is 56.8 cm³/mol. The van der Waals surface area contributed by atoms with Gasteiger partial charge in [0.25, 0.3) is 0 Å². The number of hydrogen-bond acceptors (Lipinski definition) is 4. The van der Waals surface area contributed by atoms with Gasteiger partial charge in [-0.2, -0.15) is 10.5 Å². The highest BCUT2D eigenvalue weighted by atomic mass is 16.5. The molecule has 1 fully saturated rings. The average molecular weight is 218 g/mol. The molecular formula is C12H14N2O2. The Morgan fingerprint density at radius 2 is 1.88 bits per heavy atom. The van der Waals surface area contributed by atoms with E-state index in [0.717, 1.165) is 0 Å². The van der Waals surface area contributed by atoms with Crippen LogP contribution in [-0.2, 0) is 9.53 Å². The molecule has 1 heterocycles. The molecule has 0 spiro atoms. The molecule has 2 atom stereocenters. The lowest BCUT2D eigenvalue weighted by molar-refractivity contribution is -0.139. The molecule has 0 saturated carbocycles. The van der Waals surface area contributed by atoms with Crippen LogP contribution in [0.25, 0.3) is 0 Å². The van der Waals surface area contributed by atoms with Gasteiger partial charge in [0.2, 0.25) is 0 Å². The van der Waals surface area contributed by atoms with E-state index >= 15 is 0 Å². The van der Waals surface area contributed by atoms with Gasteiger partial charge in [-0.25, -0.2) is 4.79 Å². The third-order valence-electron chi connectivity index (χ3n) is 2.76. The van der Waals surface area contributed by atoms with Crippen LogP contribution in [0.1, 0.15) is 25.7 Å². The first-order chi connectivity index (χ1) is 7.69. The summed E-state index contributed by atoms with van der Waals surface area (Å²) in [5.41, 5.74) is 0.451. The van der Waals surface area contributed by atoms with Crippen molar-refractivity contribution in [3.63, 3.8) is 0 Å². The minimum atomic E-state index is -0.382. The van der Waals surface area contributed by atoms with Crippen molar-refractivity contribution in [3.05, 3.63) is 12.2 Å². The van der Waals surface area contributed by atoms with Crippen LogP contribution in [0.3, 0.4) is 0 Å². The Kier molecular flexibility index (Phi) is 4.54. The Labute approximate surface area is 95.1 Å². The first-order valence-corrected chi connectivity index (χ1v) is 5.33. The van der Waals surface area contributed by atoms with E-state index in [4.69, 9.17) is 15.3 Å². The van der Waals surface area contributed by atoms with Gasteiger partial charge in [-0.3, -0.25) is 0 Å². The van der Waals surface area contributed by atoms with Crippen molar-refractivity contribution in [1.82, 2.24) is 0 Å². The number of hydrogen-bond donors (Lipinski definition) is 0. The largest absolute Gasteiger partial charge is 0.462 e. The molecule has 84 valence electrons. The summed E-state index contributed by atoms with van der Waals surface area (Å²) in [6.07, 6.45) is 2.30. The van der Waals surface area contributed by atoms with Crippen molar-refractivity contribution in [2.24, 2.45) is 11.8 Å². The van der Waals surface area contributed by atoms with Gasteiger partial charge < -0.3 is 4.74 Å². The van der Waals surface area contributed by atoms with E-state index in [0.29, 0.717) is 31.3 Å². The van der Waals surface area contributed by atoms with Crippen LogP contribution in [0, 0.1) is 34.5 Å². The van der Waals surface area contributed by atoms with Gasteiger partial charge in [-0.05, 0) is 25.7 Å². The fraction of sp³-hybridized carbons (Fsp3) is 0.583. The predicted octanol–water partition coefficient (Wildman–Crippen LogP) is 1.94. The van der Waals surface area contributed by atoms with Crippen molar-refractivity contribution in [1.29, 1.82) is 10.5 Å². The molecule has 1 saturated heterocycles. The topological polar surface area (TPSA) is 73.9 Å². The molecule has 1 aliphatic heterocycles. The smallest absolute Gasteiger partial charge is 0.333 e. The summed E-state index contributed by atoms with van der Waals surface area (Å²) in [5, 5.41) is 17.9. The summed E-state index contributed by atoms with van der Waals surface area (Å²) in [5.74, 6) is -0.995. The fourth-order valence-electron chi connectivity index (χ4n) is 1.73. The highest BCUT2D eigenvalue weighted by Gasteiger charge is 2.23. The zero-order valence-electron chi connectivity index (χ0n) is 9.11. The van der Waals surface area contributed by atoms with Gasteiger partial charge in [0.05, 0.1) is 30.6 Å². The Balaban J connectivity index is 2.68. The van der Waals surface area contributed by atoms with Crippen LogP contribution < -0.4 is 0 Å². The van der Waals surface area contributed by atoms with E-state index < -0.39 is 0 Å². The first kappa shape index (κ1) is 12.3. The quantitative estimate of drug-likeness (QED) is 0.460. The molecule has 0 aromatic heterocycles. The summed E-state index contributed by atoms with van der Waals surface area (Å²) >= 11 is 0. The van der Waals surface area contributed by atoms with Crippen LogP contribution in [0.15, 0.2) is 12.2 Å². The number of nitriles is 2. The molecular weight excluding hydrogens is 204 g/mol. The van der Waals surface area contributed by atoms with Crippen molar-refractivity contribution >= 4 is 5.97 Å². The van der Waals surface area contributed by atoms with E-state index in [-0.39, 0.29) is 24.4 Å². The van der Waals surface area contributed by atoms with Gasteiger partial charge in [0.15, 0.2) is 0 Å². The van der Waals surface area contributed by atoms with Crippen LogP contribution in [-0.4, -0.2) is 12.6 Å². The van der Waals surface area contributed by atoms with E-state index in [1.54, 1.807) is 0 Å². The lowest BCUT2D eigenvalue weighted by Crippen LogP contribution is -2.18. The molecule has 4 heteroatoms. The molecule has 0 bridgehead atoms. The second-order valence-corrected chi connectivity index (χ2v) is 3.89. The average Bonchev–Trinajstić information content (AvgIpc) is 2.30. The molecule has 4 nitrogen and oxygen atoms in total. The molecule has 0 amide bonds. The van der Waals surface area contributed by atoms with Crippen LogP contribution in [0.4, 0.5) is 0 Å². The van der Waals surface area contributed by atoms with E-state index in [9.17, 15) is 4.79 Å². The third-order valence-corrected chi connectivity index (χ3v) is 2.76. The summed E-state index contributed by atoms with van der Waals surface area (Å²) in [6.45, 7) is 3.83. The van der Waals surface area contributed by atoms with Gasteiger partial charge in [0, 0.05) is 5.57 Å². The van der Waals surface area contributed by atoms with Crippen LogP contribution in [0.5, 0.6) is 0 Å². The molecule has 2 unspecified atom stereocenters. The summed E-state index contributed by atoms with van der Waals surface area (Å²) < 4.78 is 4.96. The second-order valence-electron chi connectivity index (χ2n) is 3.89. The monoisotopic (exact) mass is 218 g/mol. The first-order valence-electron chi connectivity index (χ1n) is 5.33. The van der Waals surface area contributed by atoms with Gasteiger partial charge in [-0.15, -0.1) is 0 Å². The minimum absolute atomic E-state index is 0.189. The van der Waals surface area contributed by atoms with Gasteiger partial charge >= 0.3 is 5.97 Å². The lowest BCUT2D eigenvalue weighted by Gasteiger charge is -2.17. The molecule has 1 aliphatic rings. The van der Waals surface area contributed by atoms with Crippen molar-refractivity contribution in [2.45, 2.75) is 25.7 Å². The molecule has 0 aromatic rings. The molecule has 0 aliphatic carbocycles. The zero-order valence-corrected chi connectivity index (χ0v) is 9.11. The fourth-order valence-corrected chi connectivity index (χ4v) is 1.73. The number of nitrogens with zero attached hydrogens (tertiary/aromatic N) is 2. The highest BCUT2D eigenvalue weighted by Crippen LogP contribution is 2.23. The third kappa shape index (κ3) is 3.10. The van der Waals surface area contributed by atoms with Crippen molar-refractivity contribution < 1.29 is 9.53 Å². The lowest BCUT2D eigenvalue weighted by atomic mass is 9.87. The number of ether oxygens (including phenoxy) is 1. The molecule has 0 aromatic carbocycles. The second kappa shape index (κ2) is 5.92. The Morgan fingerprint density at radius 3 is 2.50 bits per heavy atom. The zero-order chi connectivity index (χ0) is 12.0. The number of cyclic esters (lactones) is 1. The number of carbonyl (C=O) groups excluding carboxylic acids is 1. The van der Waals surface area contributed by atoms with Gasteiger partial charge in [0.1, 0.15) is 0 Å². The molecule has 0 radical (unpaired) electrons. The summed E-state index contributed by atoms with van der Waals surface area (Å²) in [4.78, 5) is 11.3.